The average molecular weight is 421 g/mol. The van der Waals surface area contributed by atoms with Gasteiger partial charge in [-0.05, 0) is 19.3 Å². The predicted molar refractivity (Wildman–Crippen MR) is 118 cm³/mol. The van der Waals surface area contributed by atoms with E-state index in [0.29, 0.717) is 19.3 Å². The van der Waals surface area contributed by atoms with Crippen LogP contribution in [0.15, 0.2) is 0 Å². The second kappa shape index (κ2) is 14.4. The number of hydrogen-bond acceptors (Lipinski definition) is 7. The highest BCUT2D eigenvalue weighted by atomic mass is 16.2. The van der Waals surface area contributed by atoms with Gasteiger partial charge >= 0.3 is 0 Å². The molecule has 0 saturated heterocycles. The molecule has 9 heteroatoms. The summed E-state index contributed by atoms with van der Waals surface area (Å²) in [7, 11) is 0. The first-order chi connectivity index (χ1) is 14.4. The summed E-state index contributed by atoms with van der Waals surface area (Å²) in [6, 6.07) is 0. The number of nitrogen functional groups attached to an aromatic ring is 1. The molecule has 168 valence electrons. The number of nitrogens with zero attached hydrogens (tertiary/aromatic N) is 4. The lowest BCUT2D eigenvalue weighted by Gasteiger charge is -2.19. The van der Waals surface area contributed by atoms with Gasteiger partial charge in [0.2, 0.25) is 35.6 Å². The van der Waals surface area contributed by atoms with Gasteiger partial charge in [-0.15, -0.1) is 0 Å². The van der Waals surface area contributed by atoms with E-state index in [4.69, 9.17) is 5.73 Å². The molecule has 1 heterocycles. The maximum Gasteiger partial charge on any atom is 0.245 e. The van der Waals surface area contributed by atoms with E-state index in [0.717, 1.165) is 49.8 Å². The summed E-state index contributed by atoms with van der Waals surface area (Å²) in [4.78, 5) is 50.8. The summed E-state index contributed by atoms with van der Waals surface area (Å²) in [6.07, 6.45) is 8.55. The highest BCUT2D eigenvalue weighted by Crippen LogP contribution is 2.17. The number of rotatable bonds is 14. The lowest BCUT2D eigenvalue weighted by molar-refractivity contribution is -0.126. The molecule has 3 amide bonds. The van der Waals surface area contributed by atoms with Crippen molar-refractivity contribution in [3.63, 3.8) is 0 Å². The fraction of sp³-hybridized carbons (Fsp3) is 0.714. The van der Waals surface area contributed by atoms with Crippen LogP contribution in [-0.2, 0) is 14.4 Å². The summed E-state index contributed by atoms with van der Waals surface area (Å²) in [6.45, 7) is 6.14. The van der Waals surface area contributed by atoms with Gasteiger partial charge < -0.3 is 5.73 Å². The molecule has 0 aliphatic carbocycles. The van der Waals surface area contributed by atoms with Crippen LogP contribution >= 0.6 is 0 Å². The minimum atomic E-state index is -0.365. The molecule has 1 aromatic heterocycles. The Kier molecular flexibility index (Phi) is 12.2. The number of amides is 3. The fourth-order valence-corrected chi connectivity index (χ4v) is 2.90. The topological polar surface area (TPSA) is 131 Å². The van der Waals surface area contributed by atoms with Crippen LogP contribution in [-0.4, -0.2) is 32.7 Å². The normalized spacial score (nSPS) is 10.6. The number of imide groups is 1. The largest absolute Gasteiger partial charge is 0.368 e. The van der Waals surface area contributed by atoms with Crippen LogP contribution in [0.4, 0.5) is 17.8 Å². The predicted octanol–water partition coefficient (Wildman–Crippen LogP) is 3.99. The van der Waals surface area contributed by atoms with Gasteiger partial charge in [-0.2, -0.15) is 15.0 Å². The van der Waals surface area contributed by atoms with E-state index in [1.807, 2.05) is 13.8 Å². The standard InChI is InChI=1S/C21H36N6O3/c1-4-7-10-13-16(28)23-20-24-19(22)25-21(26-20)27(17(29)14-11-8-5-2)18(30)15-12-9-6-3/h4-15H2,1-3H3,(H3,22,23,24,25,26,28). The molecule has 0 fully saturated rings. The Morgan fingerprint density at radius 1 is 0.767 bits per heavy atom. The minimum absolute atomic E-state index is 0.0493. The van der Waals surface area contributed by atoms with Crippen molar-refractivity contribution in [3.8, 4) is 0 Å². The molecule has 30 heavy (non-hydrogen) atoms. The smallest absolute Gasteiger partial charge is 0.245 e. The maximum atomic E-state index is 12.8. The molecule has 0 saturated carbocycles. The van der Waals surface area contributed by atoms with Crippen LogP contribution in [0.5, 0.6) is 0 Å². The third-order valence-electron chi connectivity index (χ3n) is 4.59. The second-order valence-corrected chi connectivity index (χ2v) is 7.36. The first-order valence-corrected chi connectivity index (χ1v) is 11.1. The average Bonchev–Trinajstić information content (AvgIpc) is 2.68. The Morgan fingerprint density at radius 3 is 1.77 bits per heavy atom. The van der Waals surface area contributed by atoms with Gasteiger partial charge in [0, 0.05) is 19.3 Å². The number of carbonyl (C=O) groups excluding carboxylic acids is 3. The van der Waals surface area contributed by atoms with Gasteiger partial charge in [0.25, 0.3) is 0 Å². The van der Waals surface area contributed by atoms with Crippen molar-refractivity contribution in [2.45, 2.75) is 97.8 Å². The zero-order chi connectivity index (χ0) is 22.4. The molecule has 0 aliphatic heterocycles. The molecule has 0 unspecified atom stereocenters. The first kappa shape index (κ1) is 25.5. The summed E-state index contributed by atoms with van der Waals surface area (Å²) in [5.74, 6) is -1.31. The van der Waals surface area contributed by atoms with Crippen molar-refractivity contribution < 1.29 is 14.4 Å². The van der Waals surface area contributed by atoms with E-state index in [-0.39, 0.29) is 48.4 Å². The number of nitrogens with one attached hydrogen (secondary N) is 1. The van der Waals surface area contributed by atoms with Crippen LogP contribution < -0.4 is 16.0 Å². The number of anilines is 3. The Labute approximate surface area is 179 Å². The molecule has 1 aromatic rings. The molecule has 0 aliphatic rings. The van der Waals surface area contributed by atoms with E-state index >= 15 is 0 Å². The molecular weight excluding hydrogens is 384 g/mol. The van der Waals surface area contributed by atoms with E-state index in [2.05, 4.69) is 27.2 Å². The zero-order valence-electron chi connectivity index (χ0n) is 18.6. The minimum Gasteiger partial charge on any atom is -0.368 e. The molecule has 0 atom stereocenters. The number of carbonyl (C=O) groups is 3. The van der Waals surface area contributed by atoms with Gasteiger partial charge in [-0.1, -0.05) is 59.3 Å². The highest BCUT2D eigenvalue weighted by Gasteiger charge is 2.26. The van der Waals surface area contributed by atoms with Crippen molar-refractivity contribution >= 4 is 35.6 Å². The number of unbranched alkanes of at least 4 members (excludes halogenated alkanes) is 6. The summed E-state index contributed by atoms with van der Waals surface area (Å²) < 4.78 is 0. The van der Waals surface area contributed by atoms with Gasteiger partial charge in [0.05, 0.1) is 0 Å². The van der Waals surface area contributed by atoms with Crippen molar-refractivity contribution in [1.82, 2.24) is 15.0 Å². The third kappa shape index (κ3) is 9.28. The lowest BCUT2D eigenvalue weighted by Crippen LogP contribution is -2.38. The summed E-state index contributed by atoms with van der Waals surface area (Å²) >= 11 is 0. The Hall–Kier alpha value is -2.58. The van der Waals surface area contributed by atoms with E-state index in [9.17, 15) is 14.4 Å². The molecule has 0 bridgehead atoms. The third-order valence-corrected chi connectivity index (χ3v) is 4.59. The maximum absolute atomic E-state index is 12.8. The Balaban J connectivity index is 3.03. The van der Waals surface area contributed by atoms with E-state index in [1.54, 1.807) is 0 Å². The molecule has 9 nitrogen and oxygen atoms in total. The molecule has 0 radical (unpaired) electrons. The Morgan fingerprint density at radius 2 is 1.27 bits per heavy atom. The molecule has 3 N–H and O–H groups in total. The highest BCUT2D eigenvalue weighted by molar-refractivity contribution is 6.13. The number of aromatic nitrogens is 3. The molecular formula is C21H36N6O3. The van der Waals surface area contributed by atoms with E-state index in [1.165, 1.54) is 0 Å². The van der Waals surface area contributed by atoms with Gasteiger partial charge in [-0.25, -0.2) is 4.90 Å². The quantitative estimate of drug-likeness (QED) is 0.435. The van der Waals surface area contributed by atoms with Gasteiger partial charge in [0.1, 0.15) is 0 Å². The van der Waals surface area contributed by atoms with Gasteiger partial charge in [0.15, 0.2) is 0 Å². The fourth-order valence-electron chi connectivity index (χ4n) is 2.90. The SMILES string of the molecule is CCCCCC(=O)Nc1nc(N)nc(N(C(=O)CCCCC)C(=O)CCCCC)n1. The second-order valence-electron chi connectivity index (χ2n) is 7.36. The number of nitrogens with two attached hydrogens (primary N) is 1. The molecule has 0 aromatic carbocycles. The van der Waals surface area contributed by atoms with Crippen molar-refractivity contribution in [2.75, 3.05) is 16.0 Å². The van der Waals surface area contributed by atoms with Gasteiger partial charge in [-0.3, -0.25) is 19.7 Å². The summed E-state index contributed by atoms with van der Waals surface area (Å²) in [5.41, 5.74) is 5.78. The monoisotopic (exact) mass is 420 g/mol. The van der Waals surface area contributed by atoms with E-state index < -0.39 is 0 Å². The zero-order valence-corrected chi connectivity index (χ0v) is 18.6. The lowest BCUT2D eigenvalue weighted by atomic mass is 10.1. The molecule has 0 spiro atoms. The number of hydrogen-bond donors (Lipinski definition) is 2. The van der Waals surface area contributed by atoms with Crippen LogP contribution in [0, 0.1) is 0 Å². The first-order valence-electron chi connectivity index (χ1n) is 11.1. The Bertz CT molecular complexity index is 673. The van der Waals surface area contributed by atoms with Crippen LogP contribution in [0.1, 0.15) is 97.8 Å². The van der Waals surface area contributed by atoms with Crippen molar-refractivity contribution in [2.24, 2.45) is 0 Å². The van der Waals surface area contributed by atoms with Crippen molar-refractivity contribution in [1.29, 1.82) is 0 Å². The molecule has 1 rings (SSSR count). The van der Waals surface area contributed by atoms with Crippen LogP contribution in [0.2, 0.25) is 0 Å². The van der Waals surface area contributed by atoms with Crippen LogP contribution in [0.25, 0.3) is 0 Å². The van der Waals surface area contributed by atoms with Crippen molar-refractivity contribution in [3.05, 3.63) is 0 Å². The van der Waals surface area contributed by atoms with Crippen LogP contribution in [0.3, 0.4) is 0 Å². The summed E-state index contributed by atoms with van der Waals surface area (Å²) in [5, 5.41) is 2.59.